The Bertz CT molecular complexity index is 154. The minimum absolute atomic E-state index is 0.446. The van der Waals surface area contributed by atoms with Crippen molar-refractivity contribution >= 4 is 0 Å². The second-order valence-electron chi connectivity index (χ2n) is 2.05. The lowest BCUT2D eigenvalue weighted by Crippen LogP contribution is -2.48. The maximum absolute atomic E-state index is 9.03. The maximum atomic E-state index is 9.03. The van der Waals surface area contributed by atoms with Crippen molar-refractivity contribution in [2.75, 3.05) is 19.6 Å². The first kappa shape index (κ1) is 7.30. The monoisotopic (exact) mass is 143 g/mol. The summed E-state index contributed by atoms with van der Waals surface area (Å²) < 4.78 is 0. The molecule has 6 nitrogen and oxygen atoms in total. The average Bonchev–Trinajstić information content (AvgIpc) is 1.94. The van der Waals surface area contributed by atoms with Crippen LogP contribution >= 0.6 is 0 Å². The summed E-state index contributed by atoms with van der Waals surface area (Å²) in [4.78, 5) is 2.59. The van der Waals surface area contributed by atoms with E-state index in [1.807, 2.05) is 0 Å². The molecule has 0 bridgehead atoms. The molecule has 56 valence electrons. The van der Waals surface area contributed by atoms with Gasteiger partial charge in [-0.3, -0.25) is 0 Å². The van der Waals surface area contributed by atoms with Gasteiger partial charge < -0.3 is 10.5 Å². The Kier molecular flexibility index (Phi) is 2.47. The molecule has 0 aromatic rings. The van der Waals surface area contributed by atoms with Crippen LogP contribution in [0.25, 0.3) is 10.4 Å². The number of azide groups is 1. The van der Waals surface area contributed by atoms with Gasteiger partial charge in [-0.05, 0) is 5.53 Å². The molecule has 1 heterocycles. The highest BCUT2D eigenvalue weighted by molar-refractivity contribution is 4.71. The topological polar surface area (TPSA) is 84.3 Å². The Morgan fingerprint density at radius 2 is 2.60 bits per heavy atom. The van der Waals surface area contributed by atoms with E-state index in [0.717, 1.165) is 11.6 Å². The van der Waals surface area contributed by atoms with Crippen LogP contribution in [0, 0.1) is 0 Å². The predicted octanol–water partition coefficient (Wildman–Crippen LogP) is -0.0828. The predicted molar refractivity (Wildman–Crippen MR) is 34.3 cm³/mol. The van der Waals surface area contributed by atoms with Crippen molar-refractivity contribution in [3.63, 3.8) is 0 Å². The van der Waals surface area contributed by atoms with E-state index >= 15 is 0 Å². The second-order valence-corrected chi connectivity index (χ2v) is 2.05. The number of hydroxylamine groups is 2. The van der Waals surface area contributed by atoms with Crippen LogP contribution in [-0.2, 0) is 0 Å². The molecular formula is C4H9N5O. The van der Waals surface area contributed by atoms with Crippen molar-refractivity contribution in [1.29, 1.82) is 0 Å². The lowest BCUT2D eigenvalue weighted by molar-refractivity contribution is -0.133. The van der Waals surface area contributed by atoms with E-state index < -0.39 is 6.17 Å². The molecule has 1 aliphatic heterocycles. The average molecular weight is 143 g/mol. The van der Waals surface area contributed by atoms with Crippen molar-refractivity contribution in [1.82, 2.24) is 10.4 Å². The fraction of sp³-hybridized carbons (Fsp3) is 1.00. The molecule has 6 heteroatoms. The summed E-state index contributed by atoms with van der Waals surface area (Å²) in [5.74, 6) is 0. The van der Waals surface area contributed by atoms with Gasteiger partial charge in [0.2, 0.25) is 0 Å². The first-order valence-corrected chi connectivity index (χ1v) is 3.05. The first-order valence-electron chi connectivity index (χ1n) is 3.05. The minimum atomic E-state index is -0.446. The molecular weight excluding hydrogens is 134 g/mol. The van der Waals surface area contributed by atoms with E-state index in [9.17, 15) is 0 Å². The van der Waals surface area contributed by atoms with Gasteiger partial charge in [-0.2, -0.15) is 5.06 Å². The molecule has 1 atom stereocenters. The van der Waals surface area contributed by atoms with Crippen LogP contribution in [0.2, 0.25) is 0 Å². The van der Waals surface area contributed by atoms with Crippen LogP contribution in [0.5, 0.6) is 0 Å². The van der Waals surface area contributed by atoms with Gasteiger partial charge in [-0.1, -0.05) is 5.11 Å². The smallest absolute Gasteiger partial charge is 0.126 e. The normalized spacial score (nSPS) is 27.5. The highest BCUT2D eigenvalue weighted by Crippen LogP contribution is 1.99. The van der Waals surface area contributed by atoms with Crippen LogP contribution in [0.1, 0.15) is 0 Å². The van der Waals surface area contributed by atoms with Gasteiger partial charge in [-0.25, -0.2) is 0 Å². The SMILES string of the molecule is [N-]=[N+]=NC1CNCCN1O. The molecule has 0 amide bonds. The molecule has 1 aliphatic rings. The summed E-state index contributed by atoms with van der Waals surface area (Å²) in [7, 11) is 0. The molecule has 1 saturated heterocycles. The Labute approximate surface area is 58.0 Å². The molecule has 0 saturated carbocycles. The van der Waals surface area contributed by atoms with Crippen molar-refractivity contribution in [2.45, 2.75) is 6.17 Å². The minimum Gasteiger partial charge on any atom is -0.314 e. The fourth-order valence-corrected chi connectivity index (χ4v) is 0.839. The molecule has 10 heavy (non-hydrogen) atoms. The molecule has 0 radical (unpaired) electrons. The Balaban J connectivity index is 2.47. The molecule has 0 spiro atoms. The number of hydrogen-bond donors (Lipinski definition) is 2. The van der Waals surface area contributed by atoms with Crippen molar-refractivity contribution in [3.8, 4) is 0 Å². The number of nitrogens with zero attached hydrogens (tertiary/aromatic N) is 4. The van der Waals surface area contributed by atoms with Gasteiger partial charge in [0.1, 0.15) is 6.17 Å². The van der Waals surface area contributed by atoms with Crippen LogP contribution in [0.3, 0.4) is 0 Å². The van der Waals surface area contributed by atoms with Crippen LogP contribution in [0.4, 0.5) is 0 Å². The zero-order chi connectivity index (χ0) is 7.40. The molecule has 0 aromatic carbocycles. The van der Waals surface area contributed by atoms with E-state index in [1.165, 1.54) is 0 Å². The molecule has 2 N–H and O–H groups in total. The maximum Gasteiger partial charge on any atom is 0.126 e. The van der Waals surface area contributed by atoms with Gasteiger partial charge in [0, 0.05) is 24.5 Å². The number of piperazine rings is 1. The number of nitrogens with one attached hydrogen (secondary N) is 1. The van der Waals surface area contributed by atoms with Gasteiger partial charge >= 0.3 is 0 Å². The lowest BCUT2D eigenvalue weighted by Gasteiger charge is -2.27. The zero-order valence-electron chi connectivity index (χ0n) is 5.43. The van der Waals surface area contributed by atoms with Crippen molar-refractivity contribution < 1.29 is 5.21 Å². The zero-order valence-corrected chi connectivity index (χ0v) is 5.43. The highest BCUT2D eigenvalue weighted by atomic mass is 16.5. The summed E-state index contributed by atoms with van der Waals surface area (Å²) in [6, 6.07) is 0. The molecule has 1 unspecified atom stereocenters. The van der Waals surface area contributed by atoms with Gasteiger partial charge in [-0.15, -0.1) is 0 Å². The summed E-state index contributed by atoms with van der Waals surface area (Å²) in [6.45, 7) is 1.75. The largest absolute Gasteiger partial charge is 0.314 e. The first-order chi connectivity index (χ1) is 4.84. The Hall–Kier alpha value is -0.810. The number of rotatable bonds is 1. The summed E-state index contributed by atoms with van der Waals surface area (Å²) in [5, 5.41) is 16.4. The van der Waals surface area contributed by atoms with Crippen LogP contribution in [-0.4, -0.2) is 36.1 Å². The number of hydrogen-bond acceptors (Lipinski definition) is 4. The van der Waals surface area contributed by atoms with Crippen molar-refractivity contribution in [2.24, 2.45) is 5.11 Å². The Morgan fingerprint density at radius 3 is 3.20 bits per heavy atom. The third-order valence-electron chi connectivity index (χ3n) is 1.37. The van der Waals surface area contributed by atoms with Gasteiger partial charge in [0.05, 0.1) is 0 Å². The van der Waals surface area contributed by atoms with Crippen LogP contribution < -0.4 is 5.32 Å². The molecule has 1 rings (SSSR count). The quantitative estimate of drug-likeness (QED) is 0.306. The van der Waals surface area contributed by atoms with E-state index in [1.54, 1.807) is 0 Å². The summed E-state index contributed by atoms with van der Waals surface area (Å²) in [5.41, 5.74) is 8.03. The van der Waals surface area contributed by atoms with E-state index in [-0.39, 0.29) is 0 Å². The molecule has 0 aliphatic carbocycles. The summed E-state index contributed by atoms with van der Waals surface area (Å²) in [6.07, 6.45) is -0.446. The Morgan fingerprint density at radius 1 is 1.80 bits per heavy atom. The van der Waals surface area contributed by atoms with Crippen LogP contribution in [0.15, 0.2) is 5.11 Å². The fourth-order valence-electron chi connectivity index (χ4n) is 0.839. The van der Waals surface area contributed by atoms with E-state index in [2.05, 4.69) is 15.3 Å². The van der Waals surface area contributed by atoms with Gasteiger partial charge in [0.15, 0.2) is 0 Å². The van der Waals surface area contributed by atoms with Crippen molar-refractivity contribution in [3.05, 3.63) is 10.4 Å². The standard InChI is InChI=1S/C4H9N5O/c5-8-7-4-3-6-1-2-9(4)10/h4,6,10H,1-3H2. The second kappa shape index (κ2) is 3.38. The third-order valence-corrected chi connectivity index (χ3v) is 1.37. The highest BCUT2D eigenvalue weighted by Gasteiger charge is 2.17. The van der Waals surface area contributed by atoms with Gasteiger partial charge in [0.25, 0.3) is 0 Å². The molecule has 0 aromatic heterocycles. The lowest BCUT2D eigenvalue weighted by atomic mass is 10.4. The third kappa shape index (κ3) is 1.58. The van der Waals surface area contributed by atoms with E-state index in [4.69, 9.17) is 10.7 Å². The molecule has 1 fully saturated rings. The summed E-state index contributed by atoms with van der Waals surface area (Å²) >= 11 is 0. The van der Waals surface area contributed by atoms with E-state index in [0.29, 0.717) is 13.1 Å².